The summed E-state index contributed by atoms with van der Waals surface area (Å²) in [7, 11) is 3.18. The standard InChI is InChI=1S/C35H35IN2O4/c1-41-32-20-19-23(21-33(32)42-2)35(40)37-24(11-3-10-18-34(36)39)22-31(27-14-6-9-17-30(27)37)38-28-15-7-4-12-25(28)26-13-5-8-16-29(26)38/h4-9,12-17,19-21,24,31,34,39H,3,10-11,18,22H2,1-2H3. The van der Waals surface area contributed by atoms with Gasteiger partial charge >= 0.3 is 0 Å². The number of unbranched alkanes of at least 4 members (excludes halogenated alkanes) is 1. The minimum atomic E-state index is -0.357. The Morgan fingerprint density at radius 2 is 1.52 bits per heavy atom. The number of carbonyl (C=O) groups is 1. The van der Waals surface area contributed by atoms with Crippen molar-refractivity contribution in [3.05, 3.63) is 102 Å². The molecule has 216 valence electrons. The van der Waals surface area contributed by atoms with E-state index in [0.29, 0.717) is 17.1 Å². The van der Waals surface area contributed by atoms with E-state index in [-0.39, 0.29) is 22.1 Å². The van der Waals surface area contributed by atoms with Gasteiger partial charge in [0.2, 0.25) is 0 Å². The molecule has 1 aliphatic rings. The maximum Gasteiger partial charge on any atom is 0.258 e. The molecule has 1 N–H and O–H groups in total. The van der Waals surface area contributed by atoms with Gasteiger partial charge in [0.1, 0.15) is 4.11 Å². The van der Waals surface area contributed by atoms with Crippen LogP contribution in [0.25, 0.3) is 21.8 Å². The number of methoxy groups -OCH3 is 2. The summed E-state index contributed by atoms with van der Waals surface area (Å²) in [6.45, 7) is 0. The van der Waals surface area contributed by atoms with Crippen LogP contribution in [0.4, 0.5) is 5.69 Å². The van der Waals surface area contributed by atoms with E-state index >= 15 is 0 Å². The molecule has 42 heavy (non-hydrogen) atoms. The molecule has 1 aliphatic heterocycles. The Hall–Kier alpha value is -3.56. The molecule has 6 nitrogen and oxygen atoms in total. The first kappa shape index (κ1) is 28.6. The lowest BCUT2D eigenvalue weighted by molar-refractivity contribution is 0.0968. The minimum Gasteiger partial charge on any atom is -0.493 e. The normalized spacial score (nSPS) is 17.3. The lowest BCUT2D eigenvalue weighted by Crippen LogP contribution is -2.46. The maximum absolute atomic E-state index is 14.4. The van der Waals surface area contributed by atoms with Crippen LogP contribution in [0.15, 0.2) is 91.0 Å². The number of hydrogen-bond donors (Lipinski definition) is 1. The van der Waals surface area contributed by atoms with E-state index in [1.54, 1.807) is 26.4 Å². The number of hydrogen-bond acceptors (Lipinski definition) is 4. The SMILES string of the molecule is COc1ccc(C(=O)N2c3ccccc3C(n3c4ccccc4c4ccccc43)CC2CCCCC(O)I)cc1OC. The van der Waals surface area contributed by atoms with Crippen LogP contribution in [0.5, 0.6) is 11.5 Å². The molecule has 0 aliphatic carbocycles. The van der Waals surface area contributed by atoms with Gasteiger partial charge in [-0.15, -0.1) is 0 Å². The number of benzene rings is 4. The number of para-hydroxylation sites is 3. The highest BCUT2D eigenvalue weighted by atomic mass is 127. The second-order valence-electron chi connectivity index (χ2n) is 10.8. The number of aliphatic hydroxyl groups excluding tert-OH is 1. The first-order valence-corrected chi connectivity index (χ1v) is 15.7. The first-order chi connectivity index (χ1) is 20.5. The Bertz CT molecular complexity index is 1680. The van der Waals surface area contributed by atoms with E-state index in [0.717, 1.165) is 43.4 Å². The van der Waals surface area contributed by atoms with Gasteiger partial charge in [0.25, 0.3) is 5.91 Å². The molecule has 0 saturated carbocycles. The van der Waals surface area contributed by atoms with Crippen molar-refractivity contribution in [3.8, 4) is 11.5 Å². The van der Waals surface area contributed by atoms with E-state index in [4.69, 9.17) is 9.47 Å². The van der Waals surface area contributed by atoms with Gasteiger partial charge in [-0.05, 0) is 67.6 Å². The summed E-state index contributed by atoms with van der Waals surface area (Å²) >= 11 is 2.06. The molecular weight excluding hydrogens is 639 g/mol. The number of alkyl halides is 1. The van der Waals surface area contributed by atoms with Crippen molar-refractivity contribution in [2.45, 2.75) is 48.3 Å². The Morgan fingerprint density at radius 1 is 0.881 bits per heavy atom. The number of rotatable bonds is 9. The maximum atomic E-state index is 14.4. The second kappa shape index (κ2) is 12.4. The zero-order chi connectivity index (χ0) is 29.2. The third-order valence-electron chi connectivity index (χ3n) is 8.42. The molecule has 0 saturated heterocycles. The van der Waals surface area contributed by atoms with E-state index in [1.807, 2.05) is 17.0 Å². The predicted octanol–water partition coefficient (Wildman–Crippen LogP) is 8.13. The molecule has 2 heterocycles. The van der Waals surface area contributed by atoms with Crippen molar-refractivity contribution < 1.29 is 19.4 Å². The Balaban J connectivity index is 1.48. The number of aliphatic hydroxyl groups is 1. The van der Waals surface area contributed by atoms with Crippen LogP contribution < -0.4 is 14.4 Å². The molecule has 4 aromatic carbocycles. The van der Waals surface area contributed by atoms with Gasteiger partial charge in [-0.1, -0.05) is 83.6 Å². The van der Waals surface area contributed by atoms with Gasteiger partial charge in [0.05, 0.1) is 20.3 Å². The van der Waals surface area contributed by atoms with Gasteiger partial charge in [0.15, 0.2) is 11.5 Å². The van der Waals surface area contributed by atoms with Crippen molar-refractivity contribution in [1.82, 2.24) is 4.57 Å². The van der Waals surface area contributed by atoms with Gasteiger partial charge in [-0.2, -0.15) is 0 Å². The lowest BCUT2D eigenvalue weighted by Gasteiger charge is -2.42. The van der Waals surface area contributed by atoms with E-state index in [2.05, 4.69) is 93.9 Å². The van der Waals surface area contributed by atoms with Gasteiger partial charge < -0.3 is 24.0 Å². The van der Waals surface area contributed by atoms with Crippen LogP contribution in [0.3, 0.4) is 0 Å². The third kappa shape index (κ3) is 5.24. The van der Waals surface area contributed by atoms with Crippen LogP contribution in [0.2, 0.25) is 0 Å². The summed E-state index contributed by atoms with van der Waals surface area (Å²) in [5.74, 6) is 1.07. The molecule has 0 radical (unpaired) electrons. The van der Waals surface area contributed by atoms with E-state index in [1.165, 1.54) is 21.8 Å². The van der Waals surface area contributed by atoms with Gasteiger partial charge in [-0.25, -0.2) is 0 Å². The largest absolute Gasteiger partial charge is 0.493 e. The van der Waals surface area contributed by atoms with Crippen molar-refractivity contribution in [2.75, 3.05) is 19.1 Å². The lowest BCUT2D eigenvalue weighted by atomic mass is 9.87. The summed E-state index contributed by atoms with van der Waals surface area (Å²) in [5, 5.41) is 12.3. The van der Waals surface area contributed by atoms with E-state index in [9.17, 15) is 9.90 Å². The summed E-state index contributed by atoms with van der Waals surface area (Å²) in [6, 6.07) is 30.9. The zero-order valence-electron chi connectivity index (χ0n) is 23.9. The Kier molecular flexibility index (Phi) is 8.40. The number of halogens is 1. The van der Waals surface area contributed by atoms with Crippen molar-refractivity contribution >= 4 is 56.0 Å². The monoisotopic (exact) mass is 674 g/mol. The fourth-order valence-corrected chi connectivity index (χ4v) is 6.97. The van der Waals surface area contributed by atoms with Crippen LogP contribution in [0.1, 0.15) is 54.1 Å². The summed E-state index contributed by atoms with van der Waals surface area (Å²) in [6.07, 6.45) is 4.18. The first-order valence-electron chi connectivity index (χ1n) is 14.5. The Labute approximate surface area is 260 Å². The molecule has 7 heteroatoms. The molecule has 6 rings (SSSR count). The number of fused-ring (bicyclic) bond motifs is 4. The molecule has 0 spiro atoms. The van der Waals surface area contributed by atoms with Crippen LogP contribution in [0, 0.1) is 0 Å². The van der Waals surface area contributed by atoms with Gasteiger partial charge in [-0.3, -0.25) is 4.79 Å². The quantitative estimate of drug-likeness (QED) is 0.0975. The molecular formula is C35H35IN2O4. The summed E-state index contributed by atoms with van der Waals surface area (Å²) in [4.78, 5) is 16.4. The molecule has 5 aromatic rings. The van der Waals surface area contributed by atoms with Crippen LogP contribution in [-0.2, 0) is 0 Å². The highest BCUT2D eigenvalue weighted by Crippen LogP contribution is 2.45. The second-order valence-corrected chi connectivity index (χ2v) is 12.3. The Morgan fingerprint density at radius 3 is 2.19 bits per heavy atom. The van der Waals surface area contributed by atoms with Crippen LogP contribution >= 0.6 is 22.6 Å². The van der Waals surface area contributed by atoms with Crippen molar-refractivity contribution in [1.29, 1.82) is 0 Å². The number of carbonyl (C=O) groups excluding carboxylic acids is 1. The number of ether oxygens (including phenoxy) is 2. The van der Waals surface area contributed by atoms with E-state index < -0.39 is 0 Å². The fraction of sp³-hybridized carbons (Fsp3) is 0.286. The highest BCUT2D eigenvalue weighted by Gasteiger charge is 2.38. The molecule has 1 aromatic heterocycles. The number of amides is 1. The molecule has 3 atom stereocenters. The summed E-state index contributed by atoms with van der Waals surface area (Å²) in [5.41, 5.74) is 5.03. The topological polar surface area (TPSA) is 63.9 Å². The molecule has 0 fully saturated rings. The average molecular weight is 675 g/mol. The number of aromatic nitrogens is 1. The third-order valence-corrected chi connectivity index (χ3v) is 9.05. The molecule has 1 amide bonds. The predicted molar refractivity (Wildman–Crippen MR) is 177 cm³/mol. The summed E-state index contributed by atoms with van der Waals surface area (Å²) < 4.78 is 13.1. The fourth-order valence-electron chi connectivity index (χ4n) is 6.53. The average Bonchev–Trinajstić information content (AvgIpc) is 3.36. The minimum absolute atomic E-state index is 0.0308. The van der Waals surface area contributed by atoms with Gasteiger partial charge in [0, 0.05) is 39.1 Å². The smallest absolute Gasteiger partial charge is 0.258 e. The zero-order valence-corrected chi connectivity index (χ0v) is 26.0. The van der Waals surface area contributed by atoms with Crippen molar-refractivity contribution in [2.24, 2.45) is 0 Å². The van der Waals surface area contributed by atoms with Crippen molar-refractivity contribution in [3.63, 3.8) is 0 Å². The molecule has 0 bridgehead atoms. The van der Waals surface area contributed by atoms with Crippen LogP contribution in [-0.4, -0.2) is 40.0 Å². The number of anilines is 1. The number of nitrogens with zero attached hydrogens (tertiary/aromatic N) is 2. The molecule has 3 unspecified atom stereocenters. The highest BCUT2D eigenvalue weighted by molar-refractivity contribution is 14.1.